The Morgan fingerprint density at radius 3 is 2.68 bits per heavy atom. The van der Waals surface area contributed by atoms with Gasteiger partial charge in [-0.3, -0.25) is 0 Å². The Morgan fingerprint density at radius 2 is 2.05 bits per heavy atom. The van der Waals surface area contributed by atoms with Gasteiger partial charge in [-0.15, -0.1) is 11.3 Å². The monoisotopic (exact) mass is 336 g/mol. The van der Waals surface area contributed by atoms with Gasteiger partial charge in [0.05, 0.1) is 12.1 Å². The van der Waals surface area contributed by atoms with Gasteiger partial charge >= 0.3 is 5.97 Å². The van der Waals surface area contributed by atoms with Crippen LogP contribution >= 0.6 is 22.9 Å². The fourth-order valence-electron chi connectivity index (χ4n) is 2.50. The van der Waals surface area contributed by atoms with Gasteiger partial charge in [0, 0.05) is 16.8 Å². The highest BCUT2D eigenvalue weighted by molar-refractivity contribution is 7.15. The zero-order valence-corrected chi connectivity index (χ0v) is 13.6. The maximum absolute atomic E-state index is 12.0. The molecular weight excluding hydrogens is 320 g/mol. The molecule has 0 radical (unpaired) electrons. The molecule has 1 saturated carbocycles. The fourth-order valence-corrected chi connectivity index (χ4v) is 3.42. The summed E-state index contributed by atoms with van der Waals surface area (Å²) in [6.45, 7) is 0.663. The minimum absolute atomic E-state index is 0.0985. The number of nitrogens with one attached hydrogen (secondary N) is 1. The molecule has 0 bridgehead atoms. The lowest BCUT2D eigenvalue weighted by Gasteiger charge is -2.11. The number of aromatic nitrogens is 1. The summed E-state index contributed by atoms with van der Waals surface area (Å²) in [6, 6.07) is 7.35. The third-order valence-corrected chi connectivity index (χ3v) is 4.80. The highest BCUT2D eigenvalue weighted by Gasteiger charge is 2.19. The van der Waals surface area contributed by atoms with Crippen molar-refractivity contribution in [3.8, 4) is 0 Å². The number of esters is 1. The van der Waals surface area contributed by atoms with E-state index in [1.165, 1.54) is 11.3 Å². The molecule has 1 aromatic heterocycles. The van der Waals surface area contributed by atoms with Gasteiger partial charge in [0.1, 0.15) is 6.10 Å². The van der Waals surface area contributed by atoms with Crippen LogP contribution < -0.4 is 5.32 Å². The van der Waals surface area contributed by atoms with Crippen LogP contribution in [0.5, 0.6) is 0 Å². The number of ether oxygens (including phenoxy) is 1. The Hall–Kier alpha value is -1.59. The number of hydrogen-bond acceptors (Lipinski definition) is 5. The van der Waals surface area contributed by atoms with Gasteiger partial charge in [0.2, 0.25) is 0 Å². The van der Waals surface area contributed by atoms with E-state index in [0.29, 0.717) is 16.6 Å². The van der Waals surface area contributed by atoms with Crippen LogP contribution in [0, 0.1) is 0 Å². The van der Waals surface area contributed by atoms with Gasteiger partial charge in [-0.05, 0) is 49.9 Å². The van der Waals surface area contributed by atoms with E-state index in [0.717, 1.165) is 36.2 Å². The molecule has 0 aliphatic heterocycles. The van der Waals surface area contributed by atoms with E-state index in [1.807, 2.05) is 12.1 Å². The smallest absolute Gasteiger partial charge is 0.338 e. The third kappa shape index (κ3) is 3.99. The maximum atomic E-state index is 12.0. The summed E-state index contributed by atoms with van der Waals surface area (Å²) in [7, 11) is 0. The van der Waals surface area contributed by atoms with Crippen molar-refractivity contribution >= 4 is 34.6 Å². The first kappa shape index (κ1) is 15.3. The van der Waals surface area contributed by atoms with Crippen LogP contribution in [0.25, 0.3) is 0 Å². The molecule has 1 aliphatic carbocycles. The summed E-state index contributed by atoms with van der Waals surface area (Å²) in [5.74, 6) is -0.229. The summed E-state index contributed by atoms with van der Waals surface area (Å²) < 4.78 is 6.03. The molecule has 1 N–H and O–H groups in total. The Morgan fingerprint density at radius 1 is 1.32 bits per heavy atom. The van der Waals surface area contributed by atoms with Crippen molar-refractivity contribution < 1.29 is 9.53 Å². The highest BCUT2D eigenvalue weighted by Crippen LogP contribution is 2.23. The first-order valence-corrected chi connectivity index (χ1v) is 8.55. The number of anilines is 1. The quantitative estimate of drug-likeness (QED) is 0.816. The number of nitrogens with zero attached hydrogens (tertiary/aromatic N) is 1. The molecule has 2 aromatic rings. The zero-order chi connectivity index (χ0) is 15.4. The summed E-state index contributed by atoms with van der Waals surface area (Å²) >= 11 is 7.25. The van der Waals surface area contributed by atoms with Crippen molar-refractivity contribution in [2.24, 2.45) is 0 Å². The predicted octanol–water partition coefficient (Wildman–Crippen LogP) is 4.51. The van der Waals surface area contributed by atoms with E-state index in [1.54, 1.807) is 18.3 Å². The van der Waals surface area contributed by atoms with Crippen LogP contribution in [0.3, 0.4) is 0 Å². The first-order chi connectivity index (χ1) is 10.7. The van der Waals surface area contributed by atoms with Crippen LogP contribution in [-0.4, -0.2) is 17.1 Å². The van der Waals surface area contributed by atoms with Crippen LogP contribution in [0.2, 0.25) is 4.47 Å². The molecule has 1 heterocycles. The number of carbonyl (C=O) groups is 1. The average molecular weight is 337 g/mol. The lowest BCUT2D eigenvalue weighted by Crippen LogP contribution is -2.14. The van der Waals surface area contributed by atoms with Crippen molar-refractivity contribution in [1.29, 1.82) is 0 Å². The number of rotatable bonds is 5. The van der Waals surface area contributed by atoms with Crippen molar-refractivity contribution in [3.63, 3.8) is 0 Å². The Bertz CT molecular complexity index is 636. The summed E-state index contributed by atoms with van der Waals surface area (Å²) in [4.78, 5) is 17.1. The fraction of sp³-hybridized carbons (Fsp3) is 0.375. The molecule has 0 saturated heterocycles. The van der Waals surface area contributed by atoms with E-state index >= 15 is 0 Å². The SMILES string of the molecule is O=C(OC1CCCC1)c1ccc(NCc2cnc(Cl)s2)cc1. The maximum Gasteiger partial charge on any atom is 0.338 e. The molecule has 1 fully saturated rings. The minimum Gasteiger partial charge on any atom is -0.459 e. The normalized spacial score (nSPS) is 15.0. The topological polar surface area (TPSA) is 51.2 Å². The van der Waals surface area contributed by atoms with E-state index in [-0.39, 0.29) is 12.1 Å². The predicted molar refractivity (Wildman–Crippen MR) is 88.6 cm³/mol. The largest absolute Gasteiger partial charge is 0.459 e. The van der Waals surface area contributed by atoms with Crippen LogP contribution in [0.15, 0.2) is 30.5 Å². The summed E-state index contributed by atoms with van der Waals surface area (Å²) in [5, 5.41) is 3.27. The highest BCUT2D eigenvalue weighted by atomic mass is 35.5. The van der Waals surface area contributed by atoms with Gasteiger partial charge in [-0.1, -0.05) is 11.6 Å². The lowest BCUT2D eigenvalue weighted by molar-refractivity contribution is 0.0318. The second-order valence-corrected chi connectivity index (χ2v) is 7.02. The molecular formula is C16H17ClN2O2S. The van der Waals surface area contributed by atoms with Crippen LogP contribution in [0.4, 0.5) is 5.69 Å². The van der Waals surface area contributed by atoms with E-state index in [2.05, 4.69) is 10.3 Å². The van der Waals surface area contributed by atoms with Crippen molar-refractivity contribution in [2.45, 2.75) is 38.3 Å². The molecule has 0 unspecified atom stereocenters. The van der Waals surface area contributed by atoms with Crippen LogP contribution in [-0.2, 0) is 11.3 Å². The Balaban J connectivity index is 1.54. The second-order valence-electron chi connectivity index (χ2n) is 5.32. The molecule has 0 atom stereocenters. The van der Waals surface area contributed by atoms with E-state index in [9.17, 15) is 4.79 Å². The van der Waals surface area contributed by atoms with Gasteiger partial charge < -0.3 is 10.1 Å². The lowest BCUT2D eigenvalue weighted by atomic mass is 10.2. The van der Waals surface area contributed by atoms with Gasteiger partial charge in [0.25, 0.3) is 0 Å². The molecule has 1 aliphatic rings. The molecule has 116 valence electrons. The molecule has 4 nitrogen and oxygen atoms in total. The van der Waals surface area contributed by atoms with Gasteiger partial charge in [0.15, 0.2) is 4.47 Å². The number of carbonyl (C=O) groups excluding carboxylic acids is 1. The first-order valence-electron chi connectivity index (χ1n) is 7.36. The molecule has 0 spiro atoms. The standard InChI is InChI=1S/C16H17ClN2O2S/c17-16-19-10-14(22-16)9-18-12-7-5-11(6-8-12)15(20)21-13-3-1-2-4-13/h5-8,10,13,18H,1-4,9H2. The minimum atomic E-state index is -0.229. The summed E-state index contributed by atoms with van der Waals surface area (Å²) in [6.07, 6.45) is 6.14. The zero-order valence-electron chi connectivity index (χ0n) is 12.0. The van der Waals surface area contributed by atoms with Gasteiger partial charge in [-0.25, -0.2) is 9.78 Å². The third-order valence-electron chi connectivity index (χ3n) is 3.69. The average Bonchev–Trinajstić information content (AvgIpc) is 3.17. The number of benzene rings is 1. The van der Waals surface area contributed by atoms with Crippen LogP contribution in [0.1, 0.15) is 40.9 Å². The molecule has 3 rings (SSSR count). The Labute approximate surface area is 138 Å². The van der Waals surface area contributed by atoms with E-state index < -0.39 is 0 Å². The Kier molecular flexibility index (Phi) is 4.95. The summed E-state index contributed by atoms with van der Waals surface area (Å²) in [5.41, 5.74) is 1.54. The van der Waals surface area contributed by atoms with Crippen molar-refractivity contribution in [3.05, 3.63) is 45.4 Å². The van der Waals surface area contributed by atoms with Crippen molar-refractivity contribution in [1.82, 2.24) is 4.98 Å². The molecule has 22 heavy (non-hydrogen) atoms. The molecule has 1 aromatic carbocycles. The number of hydrogen-bond donors (Lipinski definition) is 1. The number of halogens is 1. The number of thiazole rings is 1. The van der Waals surface area contributed by atoms with Gasteiger partial charge in [-0.2, -0.15) is 0 Å². The van der Waals surface area contributed by atoms with Crippen molar-refractivity contribution in [2.75, 3.05) is 5.32 Å². The molecule has 0 amide bonds. The molecule has 6 heteroatoms. The van der Waals surface area contributed by atoms with E-state index in [4.69, 9.17) is 16.3 Å². The second kappa shape index (κ2) is 7.11.